The molecule has 1 atom stereocenters. The molecule has 18 heavy (non-hydrogen) atoms. The highest BCUT2D eigenvalue weighted by Gasteiger charge is 2.09. The van der Waals surface area contributed by atoms with Gasteiger partial charge in [0, 0.05) is 30.8 Å². The normalized spacial score (nSPS) is 12.2. The van der Waals surface area contributed by atoms with E-state index in [1.165, 1.54) is 0 Å². The van der Waals surface area contributed by atoms with Crippen molar-refractivity contribution in [1.29, 1.82) is 0 Å². The average Bonchev–Trinajstić information content (AvgIpc) is 2.37. The summed E-state index contributed by atoms with van der Waals surface area (Å²) in [5.41, 5.74) is 0.962. The van der Waals surface area contributed by atoms with Crippen LogP contribution in [0, 0.1) is 0 Å². The first-order chi connectivity index (χ1) is 8.69. The predicted octanol–water partition coefficient (Wildman–Crippen LogP) is 3.03. The Morgan fingerprint density at radius 2 is 2.28 bits per heavy atom. The molecule has 0 bridgehead atoms. The van der Waals surface area contributed by atoms with Crippen LogP contribution >= 0.6 is 11.6 Å². The third-order valence-electron chi connectivity index (χ3n) is 2.51. The van der Waals surface area contributed by atoms with Crippen LogP contribution in [-0.4, -0.2) is 26.4 Å². The van der Waals surface area contributed by atoms with E-state index in [0.29, 0.717) is 18.2 Å². The van der Waals surface area contributed by atoms with E-state index < -0.39 is 0 Å². The topological polar surface area (TPSA) is 30.5 Å². The van der Waals surface area contributed by atoms with E-state index in [0.717, 1.165) is 17.9 Å². The third-order valence-corrected chi connectivity index (χ3v) is 2.86. The van der Waals surface area contributed by atoms with E-state index in [1.54, 1.807) is 13.2 Å². The van der Waals surface area contributed by atoms with Crippen LogP contribution in [-0.2, 0) is 11.3 Å². The largest absolute Gasteiger partial charge is 0.486 e. The molecule has 0 fully saturated rings. The second kappa shape index (κ2) is 8.14. The van der Waals surface area contributed by atoms with Crippen molar-refractivity contribution in [3.63, 3.8) is 0 Å². The van der Waals surface area contributed by atoms with Gasteiger partial charge in [-0.1, -0.05) is 30.3 Å². The molecule has 1 aromatic carbocycles. The molecule has 1 aromatic rings. The zero-order valence-electron chi connectivity index (χ0n) is 10.9. The minimum Gasteiger partial charge on any atom is -0.486 e. The van der Waals surface area contributed by atoms with E-state index in [1.807, 2.05) is 25.1 Å². The second-order valence-corrected chi connectivity index (χ2v) is 4.35. The van der Waals surface area contributed by atoms with E-state index in [9.17, 15) is 0 Å². The van der Waals surface area contributed by atoms with Crippen LogP contribution in [0.5, 0.6) is 5.75 Å². The molecule has 1 N–H and O–H groups in total. The molecular weight excluding hydrogens is 250 g/mol. The summed E-state index contributed by atoms with van der Waals surface area (Å²) in [7, 11) is 1.68. The predicted molar refractivity (Wildman–Crippen MR) is 75.3 cm³/mol. The summed E-state index contributed by atoms with van der Waals surface area (Å²) >= 11 is 6.19. The summed E-state index contributed by atoms with van der Waals surface area (Å²) in [4.78, 5) is 0. The summed E-state index contributed by atoms with van der Waals surface area (Å²) in [5, 5.41) is 3.96. The molecule has 0 saturated carbocycles. The molecule has 0 radical (unpaired) electrons. The van der Waals surface area contributed by atoms with Crippen LogP contribution in [0.2, 0.25) is 5.02 Å². The molecule has 0 aliphatic heterocycles. The van der Waals surface area contributed by atoms with E-state index in [-0.39, 0.29) is 6.10 Å². The molecule has 1 unspecified atom stereocenters. The molecule has 0 aromatic heterocycles. The lowest BCUT2D eigenvalue weighted by molar-refractivity contribution is 0.199. The first-order valence-electron chi connectivity index (χ1n) is 5.95. The van der Waals surface area contributed by atoms with Crippen molar-refractivity contribution in [2.24, 2.45) is 0 Å². The van der Waals surface area contributed by atoms with Crippen molar-refractivity contribution in [3.05, 3.63) is 41.4 Å². The lowest BCUT2D eigenvalue weighted by Crippen LogP contribution is -2.20. The van der Waals surface area contributed by atoms with Crippen molar-refractivity contribution < 1.29 is 9.47 Å². The molecule has 0 aliphatic carbocycles. The average molecular weight is 270 g/mol. The number of rotatable bonds is 8. The first kappa shape index (κ1) is 15.0. The van der Waals surface area contributed by atoms with Gasteiger partial charge in [-0.3, -0.25) is 0 Å². The molecule has 1 rings (SSSR count). The standard InChI is InChI=1S/C14H20ClNO2/c1-4-11(2)18-14-7-5-6-13(15)12(14)10-16-8-9-17-3/h4-7,11,16H,1,8-10H2,2-3H3. The van der Waals surface area contributed by atoms with Crippen LogP contribution in [0.15, 0.2) is 30.9 Å². The summed E-state index contributed by atoms with van der Waals surface area (Å²) < 4.78 is 10.7. The summed E-state index contributed by atoms with van der Waals surface area (Å²) in [6.45, 7) is 7.75. The Morgan fingerprint density at radius 3 is 2.94 bits per heavy atom. The van der Waals surface area contributed by atoms with Crippen molar-refractivity contribution in [1.82, 2.24) is 5.32 Å². The highest BCUT2D eigenvalue weighted by molar-refractivity contribution is 6.31. The van der Waals surface area contributed by atoms with Crippen molar-refractivity contribution in [3.8, 4) is 5.75 Å². The van der Waals surface area contributed by atoms with E-state index in [4.69, 9.17) is 21.1 Å². The molecule has 0 spiro atoms. The molecule has 0 aliphatic rings. The Hall–Kier alpha value is -1.03. The van der Waals surface area contributed by atoms with Crippen LogP contribution in [0.1, 0.15) is 12.5 Å². The number of methoxy groups -OCH3 is 1. The monoisotopic (exact) mass is 269 g/mol. The number of hydrogen-bond donors (Lipinski definition) is 1. The number of benzene rings is 1. The van der Waals surface area contributed by atoms with Gasteiger partial charge in [-0.25, -0.2) is 0 Å². The maximum Gasteiger partial charge on any atom is 0.126 e. The van der Waals surface area contributed by atoms with E-state index in [2.05, 4.69) is 11.9 Å². The smallest absolute Gasteiger partial charge is 0.126 e. The maximum atomic E-state index is 6.19. The van der Waals surface area contributed by atoms with Gasteiger partial charge in [-0.15, -0.1) is 0 Å². The van der Waals surface area contributed by atoms with Crippen LogP contribution in [0.4, 0.5) is 0 Å². The SMILES string of the molecule is C=CC(C)Oc1cccc(Cl)c1CNCCOC. The van der Waals surface area contributed by atoms with Crippen LogP contribution < -0.4 is 10.1 Å². The highest BCUT2D eigenvalue weighted by atomic mass is 35.5. The van der Waals surface area contributed by atoms with Gasteiger partial charge in [-0.05, 0) is 19.1 Å². The minimum absolute atomic E-state index is 0.0406. The maximum absolute atomic E-state index is 6.19. The first-order valence-corrected chi connectivity index (χ1v) is 6.33. The molecule has 100 valence electrons. The van der Waals surface area contributed by atoms with Gasteiger partial charge in [-0.2, -0.15) is 0 Å². The number of hydrogen-bond acceptors (Lipinski definition) is 3. The van der Waals surface area contributed by atoms with Crippen LogP contribution in [0.25, 0.3) is 0 Å². The summed E-state index contributed by atoms with van der Waals surface area (Å²) in [6.07, 6.45) is 1.71. The fourth-order valence-corrected chi connectivity index (χ4v) is 1.69. The van der Waals surface area contributed by atoms with Gasteiger partial charge < -0.3 is 14.8 Å². The molecule has 3 nitrogen and oxygen atoms in total. The Labute approximate surface area is 114 Å². The zero-order valence-corrected chi connectivity index (χ0v) is 11.7. The Bertz CT molecular complexity index is 382. The molecule has 4 heteroatoms. The zero-order chi connectivity index (χ0) is 13.4. The molecule has 0 amide bonds. The van der Waals surface area contributed by atoms with Gasteiger partial charge in [0.2, 0.25) is 0 Å². The van der Waals surface area contributed by atoms with Crippen molar-refractivity contribution in [2.45, 2.75) is 19.6 Å². The van der Waals surface area contributed by atoms with Gasteiger partial charge >= 0.3 is 0 Å². The minimum atomic E-state index is -0.0406. The summed E-state index contributed by atoms with van der Waals surface area (Å²) in [5.74, 6) is 0.791. The number of halogens is 1. The Balaban J connectivity index is 2.70. The van der Waals surface area contributed by atoms with Crippen LogP contribution in [0.3, 0.4) is 0 Å². The van der Waals surface area contributed by atoms with Crippen molar-refractivity contribution >= 4 is 11.6 Å². The number of ether oxygens (including phenoxy) is 2. The lowest BCUT2D eigenvalue weighted by Gasteiger charge is -2.16. The van der Waals surface area contributed by atoms with Gasteiger partial charge in [0.1, 0.15) is 11.9 Å². The Kier molecular flexibility index (Phi) is 6.80. The summed E-state index contributed by atoms with van der Waals surface area (Å²) in [6, 6.07) is 5.66. The van der Waals surface area contributed by atoms with E-state index >= 15 is 0 Å². The fraction of sp³-hybridized carbons (Fsp3) is 0.429. The van der Waals surface area contributed by atoms with Gasteiger partial charge in [0.25, 0.3) is 0 Å². The Morgan fingerprint density at radius 1 is 1.50 bits per heavy atom. The third kappa shape index (κ3) is 4.69. The molecule has 0 saturated heterocycles. The lowest BCUT2D eigenvalue weighted by atomic mass is 10.2. The second-order valence-electron chi connectivity index (χ2n) is 3.94. The van der Waals surface area contributed by atoms with Gasteiger partial charge in [0.15, 0.2) is 0 Å². The van der Waals surface area contributed by atoms with Crippen molar-refractivity contribution in [2.75, 3.05) is 20.3 Å². The van der Waals surface area contributed by atoms with Gasteiger partial charge in [0.05, 0.1) is 6.61 Å². The quantitative estimate of drug-likeness (QED) is 0.581. The fourth-order valence-electron chi connectivity index (χ4n) is 1.46. The highest BCUT2D eigenvalue weighted by Crippen LogP contribution is 2.27. The number of nitrogens with one attached hydrogen (secondary N) is 1. The molecular formula is C14H20ClNO2. The molecule has 0 heterocycles.